The first-order valence-corrected chi connectivity index (χ1v) is 7.33. The zero-order chi connectivity index (χ0) is 12.1. The molecule has 0 heterocycles. The summed E-state index contributed by atoms with van der Waals surface area (Å²) < 4.78 is 13.7. The average Bonchev–Trinajstić information content (AvgIpc) is 2.25. The topological polar surface area (TPSA) is 12.0 Å². The number of halogens is 2. The Hall–Kier alpha value is -0.0600. The second-order valence-corrected chi connectivity index (χ2v) is 5.97. The molecule has 0 spiro atoms. The number of rotatable bonds is 5. The van der Waals surface area contributed by atoms with Crippen LogP contribution in [0.25, 0.3) is 0 Å². The Morgan fingerprint density at radius 3 is 2.69 bits per heavy atom. The summed E-state index contributed by atoms with van der Waals surface area (Å²) in [6, 6.07) is 5.05. The van der Waals surface area contributed by atoms with Crippen molar-refractivity contribution in [3.05, 3.63) is 34.1 Å². The first kappa shape index (κ1) is 14.0. The standard InChI is InChI=1S/C12H17BrFNS/c1-8(16-3)7-15-9(2)11-5-4-10(14)6-12(11)13/h4-6,8-9,15H,7H2,1-3H3. The summed E-state index contributed by atoms with van der Waals surface area (Å²) in [6.45, 7) is 5.22. The van der Waals surface area contributed by atoms with Gasteiger partial charge >= 0.3 is 0 Å². The van der Waals surface area contributed by atoms with Gasteiger partial charge in [0, 0.05) is 22.3 Å². The van der Waals surface area contributed by atoms with E-state index in [1.807, 2.05) is 17.8 Å². The molecule has 1 N–H and O–H groups in total. The molecule has 2 atom stereocenters. The molecule has 0 saturated carbocycles. The van der Waals surface area contributed by atoms with Gasteiger partial charge in [0.25, 0.3) is 0 Å². The van der Waals surface area contributed by atoms with Gasteiger partial charge in [-0.2, -0.15) is 11.8 Å². The van der Waals surface area contributed by atoms with E-state index >= 15 is 0 Å². The highest BCUT2D eigenvalue weighted by molar-refractivity contribution is 9.10. The van der Waals surface area contributed by atoms with Crippen LogP contribution >= 0.6 is 27.7 Å². The van der Waals surface area contributed by atoms with Crippen LogP contribution in [0.3, 0.4) is 0 Å². The van der Waals surface area contributed by atoms with E-state index in [-0.39, 0.29) is 11.9 Å². The van der Waals surface area contributed by atoms with E-state index in [0.717, 1.165) is 16.6 Å². The molecule has 0 aliphatic rings. The number of hydrogen-bond donors (Lipinski definition) is 1. The van der Waals surface area contributed by atoms with E-state index in [1.165, 1.54) is 12.1 Å². The van der Waals surface area contributed by atoms with Gasteiger partial charge in [-0.05, 0) is 30.9 Å². The molecule has 90 valence electrons. The number of nitrogens with one attached hydrogen (secondary N) is 1. The Morgan fingerprint density at radius 2 is 2.12 bits per heavy atom. The van der Waals surface area contributed by atoms with Crippen molar-refractivity contribution in [1.29, 1.82) is 0 Å². The van der Waals surface area contributed by atoms with E-state index in [9.17, 15) is 4.39 Å². The zero-order valence-corrected chi connectivity index (χ0v) is 12.2. The summed E-state index contributed by atoms with van der Waals surface area (Å²) in [5, 5.41) is 4.02. The molecule has 0 radical (unpaired) electrons. The molecular weight excluding hydrogens is 289 g/mol. The van der Waals surface area contributed by atoms with Crippen molar-refractivity contribution in [2.75, 3.05) is 12.8 Å². The van der Waals surface area contributed by atoms with E-state index in [0.29, 0.717) is 5.25 Å². The number of benzene rings is 1. The average molecular weight is 306 g/mol. The van der Waals surface area contributed by atoms with Crippen LogP contribution in [0.5, 0.6) is 0 Å². The minimum Gasteiger partial charge on any atom is -0.309 e. The smallest absolute Gasteiger partial charge is 0.124 e. The normalized spacial score (nSPS) is 14.8. The Balaban J connectivity index is 2.62. The maximum absolute atomic E-state index is 12.9. The first-order valence-electron chi connectivity index (χ1n) is 5.25. The van der Waals surface area contributed by atoms with Gasteiger partial charge in [-0.3, -0.25) is 0 Å². The highest BCUT2D eigenvalue weighted by Crippen LogP contribution is 2.24. The van der Waals surface area contributed by atoms with Crippen LogP contribution in [0.2, 0.25) is 0 Å². The Morgan fingerprint density at radius 1 is 1.44 bits per heavy atom. The van der Waals surface area contributed by atoms with Crippen LogP contribution in [0.15, 0.2) is 22.7 Å². The van der Waals surface area contributed by atoms with Gasteiger partial charge in [-0.15, -0.1) is 0 Å². The predicted molar refractivity (Wildman–Crippen MR) is 73.5 cm³/mol. The fraction of sp³-hybridized carbons (Fsp3) is 0.500. The van der Waals surface area contributed by atoms with Gasteiger partial charge in [-0.1, -0.05) is 28.9 Å². The molecule has 16 heavy (non-hydrogen) atoms. The third kappa shape index (κ3) is 4.07. The van der Waals surface area contributed by atoms with Crippen LogP contribution in [0.4, 0.5) is 4.39 Å². The van der Waals surface area contributed by atoms with E-state index in [4.69, 9.17) is 0 Å². The van der Waals surface area contributed by atoms with Crippen molar-refractivity contribution >= 4 is 27.7 Å². The fourth-order valence-electron chi connectivity index (χ4n) is 1.39. The van der Waals surface area contributed by atoms with E-state index in [2.05, 4.69) is 41.3 Å². The van der Waals surface area contributed by atoms with E-state index in [1.54, 1.807) is 0 Å². The van der Waals surface area contributed by atoms with Crippen LogP contribution in [0.1, 0.15) is 25.5 Å². The lowest BCUT2D eigenvalue weighted by Crippen LogP contribution is -2.25. The van der Waals surface area contributed by atoms with Crippen LogP contribution < -0.4 is 5.32 Å². The van der Waals surface area contributed by atoms with Crippen molar-refractivity contribution < 1.29 is 4.39 Å². The third-order valence-electron chi connectivity index (χ3n) is 2.54. The molecule has 0 aliphatic heterocycles. The summed E-state index contributed by atoms with van der Waals surface area (Å²) in [4.78, 5) is 0. The van der Waals surface area contributed by atoms with Gasteiger partial charge in [0.2, 0.25) is 0 Å². The molecule has 0 saturated heterocycles. The molecule has 1 aromatic rings. The van der Waals surface area contributed by atoms with Crippen molar-refractivity contribution in [3.8, 4) is 0 Å². The maximum Gasteiger partial charge on any atom is 0.124 e. The van der Waals surface area contributed by atoms with Crippen LogP contribution in [0, 0.1) is 5.82 Å². The van der Waals surface area contributed by atoms with Gasteiger partial charge in [-0.25, -0.2) is 4.39 Å². The zero-order valence-electron chi connectivity index (χ0n) is 9.76. The summed E-state index contributed by atoms with van der Waals surface area (Å²) in [5.41, 5.74) is 1.09. The van der Waals surface area contributed by atoms with Gasteiger partial charge in [0.05, 0.1) is 0 Å². The Kier molecular flexibility index (Phi) is 5.79. The highest BCUT2D eigenvalue weighted by atomic mass is 79.9. The largest absolute Gasteiger partial charge is 0.309 e. The molecule has 0 bridgehead atoms. The quantitative estimate of drug-likeness (QED) is 0.883. The molecule has 1 rings (SSSR count). The number of thioether (sulfide) groups is 1. The van der Waals surface area contributed by atoms with Crippen LogP contribution in [-0.4, -0.2) is 18.1 Å². The Bertz CT molecular complexity index is 346. The predicted octanol–water partition coefficient (Wildman–Crippen LogP) is 3.99. The summed E-state index contributed by atoms with van der Waals surface area (Å²) >= 11 is 5.22. The van der Waals surface area contributed by atoms with Gasteiger partial charge in [0.1, 0.15) is 5.82 Å². The van der Waals surface area contributed by atoms with Gasteiger partial charge in [0.15, 0.2) is 0 Å². The lowest BCUT2D eigenvalue weighted by atomic mass is 10.1. The number of hydrogen-bond acceptors (Lipinski definition) is 2. The molecule has 4 heteroatoms. The molecule has 0 aliphatic carbocycles. The first-order chi connectivity index (χ1) is 7.54. The SMILES string of the molecule is CSC(C)CNC(C)c1ccc(F)cc1Br. The van der Waals surface area contributed by atoms with Crippen molar-refractivity contribution in [2.24, 2.45) is 0 Å². The second kappa shape index (κ2) is 6.62. The Labute approximate surface area is 109 Å². The molecule has 0 fully saturated rings. The monoisotopic (exact) mass is 305 g/mol. The van der Waals surface area contributed by atoms with Gasteiger partial charge < -0.3 is 5.32 Å². The lowest BCUT2D eigenvalue weighted by molar-refractivity contribution is 0.570. The fourth-order valence-corrected chi connectivity index (χ4v) is 2.35. The third-order valence-corrected chi connectivity index (χ3v) is 4.20. The molecule has 0 aromatic heterocycles. The summed E-state index contributed by atoms with van der Waals surface area (Å²) in [7, 11) is 0. The van der Waals surface area contributed by atoms with E-state index < -0.39 is 0 Å². The van der Waals surface area contributed by atoms with Crippen molar-refractivity contribution in [2.45, 2.75) is 25.1 Å². The molecule has 0 amide bonds. The molecule has 1 aromatic carbocycles. The molecule has 2 unspecified atom stereocenters. The minimum atomic E-state index is -0.208. The maximum atomic E-state index is 12.9. The second-order valence-electron chi connectivity index (χ2n) is 3.84. The van der Waals surface area contributed by atoms with Crippen molar-refractivity contribution in [1.82, 2.24) is 5.32 Å². The van der Waals surface area contributed by atoms with Crippen molar-refractivity contribution in [3.63, 3.8) is 0 Å². The lowest BCUT2D eigenvalue weighted by Gasteiger charge is -2.18. The molecule has 1 nitrogen and oxygen atoms in total. The van der Waals surface area contributed by atoms with Crippen LogP contribution in [-0.2, 0) is 0 Å². The minimum absolute atomic E-state index is 0.208. The summed E-state index contributed by atoms with van der Waals surface area (Å²) in [6.07, 6.45) is 2.10. The summed E-state index contributed by atoms with van der Waals surface area (Å²) in [5.74, 6) is -0.208. The molecular formula is C12H17BrFNS. The highest BCUT2D eigenvalue weighted by Gasteiger charge is 2.10.